The fourth-order valence-corrected chi connectivity index (χ4v) is 1.50. The van der Waals surface area contributed by atoms with Gasteiger partial charge < -0.3 is 4.57 Å². The van der Waals surface area contributed by atoms with Crippen molar-refractivity contribution in [1.29, 1.82) is 0 Å². The van der Waals surface area contributed by atoms with E-state index in [0.29, 0.717) is 5.82 Å². The lowest BCUT2D eigenvalue weighted by Gasteiger charge is -2.01. The molecule has 2 aromatic rings. The molecule has 0 radical (unpaired) electrons. The third-order valence-corrected chi connectivity index (χ3v) is 2.09. The summed E-state index contributed by atoms with van der Waals surface area (Å²) in [6.07, 6.45) is 1.89. The van der Waals surface area contributed by atoms with E-state index in [1.165, 1.54) is 0 Å². The Labute approximate surface area is 90.5 Å². The number of rotatable bonds is 1. The molecule has 0 fully saturated rings. The SMILES string of the molecule is Cn1cccc1-c1nc(Cl)nc(Cl)n1. The molecule has 72 valence electrons. The molecule has 0 aromatic carbocycles. The number of hydrogen-bond donors (Lipinski definition) is 0. The maximum Gasteiger partial charge on any atom is 0.227 e. The molecule has 6 heteroatoms. The number of hydrogen-bond acceptors (Lipinski definition) is 3. The normalized spacial score (nSPS) is 10.5. The van der Waals surface area contributed by atoms with Crippen LogP contribution >= 0.6 is 23.2 Å². The van der Waals surface area contributed by atoms with Gasteiger partial charge in [0.2, 0.25) is 10.6 Å². The summed E-state index contributed by atoms with van der Waals surface area (Å²) in [7, 11) is 1.89. The second-order valence-electron chi connectivity index (χ2n) is 2.70. The van der Waals surface area contributed by atoms with E-state index >= 15 is 0 Å². The lowest BCUT2D eigenvalue weighted by molar-refractivity contribution is 0.913. The van der Waals surface area contributed by atoms with Crippen molar-refractivity contribution < 1.29 is 0 Å². The van der Waals surface area contributed by atoms with Gasteiger partial charge in [-0.2, -0.15) is 15.0 Å². The number of nitrogens with zero attached hydrogens (tertiary/aromatic N) is 4. The largest absolute Gasteiger partial charge is 0.348 e. The Morgan fingerprint density at radius 1 is 1.14 bits per heavy atom. The van der Waals surface area contributed by atoms with E-state index in [0.717, 1.165) is 5.69 Å². The van der Waals surface area contributed by atoms with E-state index in [-0.39, 0.29) is 10.6 Å². The van der Waals surface area contributed by atoms with E-state index < -0.39 is 0 Å². The van der Waals surface area contributed by atoms with Gasteiger partial charge in [0.05, 0.1) is 5.69 Å². The summed E-state index contributed by atoms with van der Waals surface area (Å²) < 4.78 is 1.88. The van der Waals surface area contributed by atoms with Crippen molar-refractivity contribution >= 4 is 23.2 Å². The van der Waals surface area contributed by atoms with Crippen molar-refractivity contribution in [2.75, 3.05) is 0 Å². The molecule has 0 bridgehead atoms. The van der Waals surface area contributed by atoms with Gasteiger partial charge in [0.15, 0.2) is 5.82 Å². The van der Waals surface area contributed by atoms with Crippen LogP contribution in [0.2, 0.25) is 10.6 Å². The van der Waals surface area contributed by atoms with Gasteiger partial charge in [-0.1, -0.05) is 0 Å². The summed E-state index contributed by atoms with van der Waals surface area (Å²) in [5.74, 6) is 0.475. The van der Waals surface area contributed by atoms with Crippen LogP contribution in [0.1, 0.15) is 0 Å². The molecule has 0 aliphatic rings. The van der Waals surface area contributed by atoms with Crippen LogP contribution in [0.5, 0.6) is 0 Å². The van der Waals surface area contributed by atoms with Gasteiger partial charge in [-0.15, -0.1) is 0 Å². The van der Waals surface area contributed by atoms with Crippen LogP contribution in [0.25, 0.3) is 11.5 Å². The predicted molar refractivity (Wildman–Crippen MR) is 54.3 cm³/mol. The van der Waals surface area contributed by atoms with Crippen LogP contribution in [-0.4, -0.2) is 19.5 Å². The van der Waals surface area contributed by atoms with E-state index in [2.05, 4.69) is 15.0 Å². The quantitative estimate of drug-likeness (QED) is 0.752. The van der Waals surface area contributed by atoms with Crippen LogP contribution in [0.15, 0.2) is 18.3 Å². The first kappa shape index (κ1) is 9.43. The number of halogens is 2. The third-order valence-electron chi connectivity index (χ3n) is 1.75. The van der Waals surface area contributed by atoms with E-state index in [9.17, 15) is 0 Å². The molecule has 0 saturated heterocycles. The van der Waals surface area contributed by atoms with Crippen LogP contribution in [0.3, 0.4) is 0 Å². The highest BCUT2D eigenvalue weighted by molar-refractivity contribution is 6.31. The van der Waals surface area contributed by atoms with Crippen molar-refractivity contribution in [2.45, 2.75) is 0 Å². The fourth-order valence-electron chi connectivity index (χ4n) is 1.13. The molecule has 2 aromatic heterocycles. The Hall–Kier alpha value is -1.13. The molecule has 2 heterocycles. The molecule has 4 nitrogen and oxygen atoms in total. The van der Waals surface area contributed by atoms with Gasteiger partial charge >= 0.3 is 0 Å². The molecule has 0 spiro atoms. The standard InChI is InChI=1S/C8H6Cl2N4/c1-14-4-2-3-5(14)6-11-7(9)13-8(10)12-6/h2-4H,1H3. The highest BCUT2D eigenvalue weighted by Crippen LogP contribution is 2.17. The van der Waals surface area contributed by atoms with E-state index in [4.69, 9.17) is 23.2 Å². The minimum Gasteiger partial charge on any atom is -0.348 e. The summed E-state index contributed by atoms with van der Waals surface area (Å²) in [5, 5.41) is 0.197. The average molecular weight is 229 g/mol. The smallest absolute Gasteiger partial charge is 0.227 e. The first-order valence-electron chi connectivity index (χ1n) is 3.85. The topological polar surface area (TPSA) is 43.6 Å². The molecule has 14 heavy (non-hydrogen) atoms. The van der Waals surface area contributed by atoms with Crippen LogP contribution < -0.4 is 0 Å². The molecule has 0 saturated carbocycles. The first-order valence-corrected chi connectivity index (χ1v) is 4.61. The summed E-state index contributed by atoms with van der Waals surface area (Å²) in [4.78, 5) is 11.6. The zero-order valence-electron chi connectivity index (χ0n) is 7.28. The monoisotopic (exact) mass is 228 g/mol. The number of aryl methyl sites for hydroxylation is 1. The molecule has 0 N–H and O–H groups in total. The van der Waals surface area contributed by atoms with Gasteiger partial charge in [-0.25, -0.2) is 0 Å². The zero-order chi connectivity index (χ0) is 10.1. The Kier molecular flexibility index (Phi) is 2.39. The Balaban J connectivity index is 2.57. The van der Waals surface area contributed by atoms with Crippen molar-refractivity contribution in [3.05, 3.63) is 28.9 Å². The Morgan fingerprint density at radius 3 is 2.29 bits per heavy atom. The molecule has 0 unspecified atom stereocenters. The predicted octanol–water partition coefficient (Wildman–Crippen LogP) is 2.18. The average Bonchev–Trinajstić information content (AvgIpc) is 2.49. The minimum atomic E-state index is 0.0983. The number of aromatic nitrogens is 4. The lowest BCUT2D eigenvalue weighted by atomic mass is 10.4. The zero-order valence-corrected chi connectivity index (χ0v) is 8.79. The summed E-state index contributed by atoms with van der Waals surface area (Å²) in [5.41, 5.74) is 0.844. The van der Waals surface area contributed by atoms with Crippen molar-refractivity contribution in [3.8, 4) is 11.5 Å². The molecule has 0 aliphatic heterocycles. The molecule has 0 atom stereocenters. The summed E-state index contributed by atoms with van der Waals surface area (Å²) >= 11 is 11.3. The van der Waals surface area contributed by atoms with Gasteiger partial charge in [-0.05, 0) is 35.3 Å². The third kappa shape index (κ3) is 1.71. The van der Waals surface area contributed by atoms with Crippen molar-refractivity contribution in [1.82, 2.24) is 19.5 Å². The molecule has 0 amide bonds. The van der Waals surface area contributed by atoms with Crippen LogP contribution in [0, 0.1) is 0 Å². The maximum atomic E-state index is 5.66. The summed E-state index contributed by atoms with van der Waals surface area (Å²) in [6, 6.07) is 3.77. The van der Waals surface area contributed by atoms with Crippen molar-refractivity contribution in [3.63, 3.8) is 0 Å². The molecule has 2 rings (SSSR count). The van der Waals surface area contributed by atoms with Gasteiger partial charge in [-0.3, -0.25) is 0 Å². The van der Waals surface area contributed by atoms with Crippen LogP contribution in [-0.2, 0) is 7.05 Å². The molecular weight excluding hydrogens is 223 g/mol. The molecular formula is C8H6Cl2N4. The highest BCUT2D eigenvalue weighted by atomic mass is 35.5. The minimum absolute atomic E-state index is 0.0983. The van der Waals surface area contributed by atoms with Gasteiger partial charge in [0.1, 0.15) is 0 Å². The Morgan fingerprint density at radius 2 is 1.79 bits per heavy atom. The van der Waals surface area contributed by atoms with E-state index in [1.54, 1.807) is 0 Å². The van der Waals surface area contributed by atoms with Gasteiger partial charge in [0, 0.05) is 13.2 Å². The lowest BCUT2D eigenvalue weighted by Crippen LogP contribution is -1.97. The highest BCUT2D eigenvalue weighted by Gasteiger charge is 2.07. The van der Waals surface area contributed by atoms with Gasteiger partial charge in [0.25, 0.3) is 0 Å². The maximum absolute atomic E-state index is 5.66. The summed E-state index contributed by atoms with van der Waals surface area (Å²) in [6.45, 7) is 0. The first-order chi connectivity index (χ1) is 6.66. The van der Waals surface area contributed by atoms with Crippen LogP contribution in [0.4, 0.5) is 0 Å². The second-order valence-corrected chi connectivity index (χ2v) is 3.38. The molecule has 0 aliphatic carbocycles. The fraction of sp³-hybridized carbons (Fsp3) is 0.125. The van der Waals surface area contributed by atoms with E-state index in [1.807, 2.05) is 29.9 Å². The second kappa shape index (κ2) is 3.55. The van der Waals surface area contributed by atoms with Crippen molar-refractivity contribution in [2.24, 2.45) is 7.05 Å². The Bertz CT molecular complexity index is 446.